The van der Waals surface area contributed by atoms with Crippen molar-refractivity contribution in [3.05, 3.63) is 0 Å². The number of oxime groups is 1. The van der Waals surface area contributed by atoms with Crippen molar-refractivity contribution < 1.29 is 10.0 Å². The van der Waals surface area contributed by atoms with Crippen LogP contribution in [0.2, 0.25) is 0 Å². The normalized spacial score (nSPS) is 11.4. The molecule has 0 fully saturated rings. The standard InChI is InChI=1S/C11H22N2O2/c1-13(2)9-7-5-3-4-6-8-11(14)10-12-15/h10,15H,3-9H2,1-2H3/b12-10-. The van der Waals surface area contributed by atoms with E-state index in [1.165, 1.54) is 19.3 Å². The Kier molecular flexibility index (Phi) is 9.07. The summed E-state index contributed by atoms with van der Waals surface area (Å²) in [6, 6.07) is 0. The predicted molar refractivity (Wildman–Crippen MR) is 61.5 cm³/mol. The van der Waals surface area contributed by atoms with E-state index < -0.39 is 0 Å². The molecular weight excluding hydrogens is 192 g/mol. The van der Waals surface area contributed by atoms with Gasteiger partial charge in [-0.1, -0.05) is 24.4 Å². The Bertz CT molecular complexity index is 191. The fraction of sp³-hybridized carbons (Fsp3) is 0.818. The third-order valence-corrected chi connectivity index (χ3v) is 2.23. The molecule has 0 spiro atoms. The van der Waals surface area contributed by atoms with Gasteiger partial charge in [-0.15, -0.1) is 0 Å². The first kappa shape index (κ1) is 14.1. The summed E-state index contributed by atoms with van der Waals surface area (Å²) in [5.74, 6) is -0.0919. The van der Waals surface area contributed by atoms with E-state index in [0.717, 1.165) is 25.6 Å². The monoisotopic (exact) mass is 214 g/mol. The number of Topliss-reactive ketones (excluding diaryl/α,β-unsaturated/α-hetero) is 1. The van der Waals surface area contributed by atoms with Crippen LogP contribution in [0.3, 0.4) is 0 Å². The molecule has 0 aromatic heterocycles. The van der Waals surface area contributed by atoms with Gasteiger partial charge in [0.1, 0.15) is 6.21 Å². The molecule has 4 heteroatoms. The van der Waals surface area contributed by atoms with Gasteiger partial charge in [0.05, 0.1) is 0 Å². The number of hydrogen-bond donors (Lipinski definition) is 1. The van der Waals surface area contributed by atoms with E-state index in [1.54, 1.807) is 0 Å². The summed E-state index contributed by atoms with van der Waals surface area (Å²) in [6.07, 6.45) is 7.08. The highest BCUT2D eigenvalue weighted by atomic mass is 16.4. The Morgan fingerprint density at radius 3 is 2.40 bits per heavy atom. The molecule has 0 aliphatic heterocycles. The lowest BCUT2D eigenvalue weighted by Gasteiger charge is -2.08. The molecule has 15 heavy (non-hydrogen) atoms. The third kappa shape index (κ3) is 11.0. The van der Waals surface area contributed by atoms with E-state index in [9.17, 15) is 4.79 Å². The Hall–Kier alpha value is -0.900. The molecule has 0 aromatic rings. The van der Waals surface area contributed by atoms with Crippen LogP contribution in [0.1, 0.15) is 38.5 Å². The Balaban J connectivity index is 3.15. The lowest BCUT2D eigenvalue weighted by Crippen LogP contribution is -2.12. The van der Waals surface area contributed by atoms with Crippen LogP contribution in [0.25, 0.3) is 0 Å². The number of nitrogens with zero attached hydrogens (tertiary/aromatic N) is 2. The Labute approximate surface area is 92.0 Å². The molecule has 0 atom stereocenters. The number of hydrogen-bond acceptors (Lipinski definition) is 4. The van der Waals surface area contributed by atoms with Gasteiger partial charge in [0.15, 0.2) is 5.78 Å². The summed E-state index contributed by atoms with van der Waals surface area (Å²) in [7, 11) is 4.15. The zero-order valence-corrected chi connectivity index (χ0v) is 9.78. The Morgan fingerprint density at radius 2 is 1.80 bits per heavy atom. The SMILES string of the molecule is CN(C)CCCCCCCC(=O)/C=N\O. The van der Waals surface area contributed by atoms with Crippen LogP contribution in [0, 0.1) is 0 Å². The van der Waals surface area contributed by atoms with Gasteiger partial charge in [-0.25, -0.2) is 0 Å². The summed E-state index contributed by atoms with van der Waals surface area (Å²) in [5.41, 5.74) is 0. The highest BCUT2D eigenvalue weighted by Gasteiger charge is 1.98. The lowest BCUT2D eigenvalue weighted by molar-refractivity contribution is -0.112. The van der Waals surface area contributed by atoms with Crippen LogP contribution in [0.4, 0.5) is 0 Å². The molecule has 0 rings (SSSR count). The summed E-state index contributed by atoms with van der Waals surface area (Å²) < 4.78 is 0. The van der Waals surface area contributed by atoms with Crippen LogP contribution in [0.15, 0.2) is 5.16 Å². The van der Waals surface area contributed by atoms with Crippen LogP contribution in [-0.4, -0.2) is 42.7 Å². The second-order valence-electron chi connectivity index (χ2n) is 4.03. The molecule has 0 bridgehead atoms. The minimum Gasteiger partial charge on any atom is -0.411 e. The maximum atomic E-state index is 10.9. The van der Waals surface area contributed by atoms with Crippen LogP contribution < -0.4 is 0 Å². The molecule has 0 aliphatic carbocycles. The highest BCUT2D eigenvalue weighted by molar-refractivity contribution is 6.27. The minimum atomic E-state index is -0.0919. The smallest absolute Gasteiger partial charge is 0.177 e. The lowest BCUT2D eigenvalue weighted by atomic mass is 10.1. The second kappa shape index (κ2) is 9.65. The molecule has 0 radical (unpaired) electrons. The quantitative estimate of drug-likeness (QED) is 0.276. The van der Waals surface area contributed by atoms with Crippen LogP contribution in [-0.2, 0) is 4.79 Å². The zero-order chi connectivity index (χ0) is 11.5. The minimum absolute atomic E-state index is 0.0919. The van der Waals surface area contributed by atoms with Crippen molar-refractivity contribution in [1.29, 1.82) is 0 Å². The van der Waals surface area contributed by atoms with Crippen molar-refractivity contribution in [1.82, 2.24) is 4.90 Å². The first-order valence-electron chi connectivity index (χ1n) is 5.52. The van der Waals surface area contributed by atoms with Crippen molar-refractivity contribution in [3.63, 3.8) is 0 Å². The van der Waals surface area contributed by atoms with Gasteiger partial charge in [-0.3, -0.25) is 4.79 Å². The van der Waals surface area contributed by atoms with E-state index in [-0.39, 0.29) is 5.78 Å². The fourth-order valence-electron chi connectivity index (χ4n) is 1.39. The van der Waals surface area contributed by atoms with E-state index in [0.29, 0.717) is 6.42 Å². The molecule has 0 amide bonds. The number of ketones is 1. The zero-order valence-electron chi connectivity index (χ0n) is 9.78. The molecule has 0 unspecified atom stereocenters. The highest BCUT2D eigenvalue weighted by Crippen LogP contribution is 2.05. The summed E-state index contributed by atoms with van der Waals surface area (Å²) in [4.78, 5) is 13.1. The molecule has 88 valence electrons. The average molecular weight is 214 g/mol. The second-order valence-corrected chi connectivity index (χ2v) is 4.03. The van der Waals surface area contributed by atoms with Crippen molar-refractivity contribution in [2.75, 3.05) is 20.6 Å². The van der Waals surface area contributed by atoms with Crippen LogP contribution in [0.5, 0.6) is 0 Å². The van der Waals surface area contributed by atoms with Crippen molar-refractivity contribution >= 4 is 12.0 Å². The molecule has 4 nitrogen and oxygen atoms in total. The number of carbonyl (C=O) groups excluding carboxylic acids is 1. The molecule has 0 aliphatic rings. The van der Waals surface area contributed by atoms with E-state index in [1.807, 2.05) is 0 Å². The topological polar surface area (TPSA) is 52.9 Å². The summed E-state index contributed by atoms with van der Waals surface area (Å²) >= 11 is 0. The molecule has 0 aromatic carbocycles. The summed E-state index contributed by atoms with van der Waals surface area (Å²) in [5, 5.41) is 10.8. The largest absolute Gasteiger partial charge is 0.411 e. The van der Waals surface area contributed by atoms with Gasteiger partial charge >= 0.3 is 0 Å². The van der Waals surface area contributed by atoms with Crippen molar-refractivity contribution in [2.24, 2.45) is 5.16 Å². The maximum absolute atomic E-state index is 10.9. The average Bonchev–Trinajstić information content (AvgIpc) is 2.16. The van der Waals surface area contributed by atoms with E-state index in [2.05, 4.69) is 24.2 Å². The molecule has 1 N–H and O–H groups in total. The first-order valence-corrected chi connectivity index (χ1v) is 5.52. The van der Waals surface area contributed by atoms with Crippen molar-refractivity contribution in [2.45, 2.75) is 38.5 Å². The fourth-order valence-corrected chi connectivity index (χ4v) is 1.39. The van der Waals surface area contributed by atoms with Gasteiger partial charge < -0.3 is 10.1 Å². The number of unbranched alkanes of at least 4 members (excludes halogenated alkanes) is 4. The van der Waals surface area contributed by atoms with Crippen molar-refractivity contribution in [3.8, 4) is 0 Å². The maximum Gasteiger partial charge on any atom is 0.177 e. The third-order valence-electron chi connectivity index (χ3n) is 2.23. The van der Waals surface area contributed by atoms with E-state index >= 15 is 0 Å². The molecule has 0 saturated carbocycles. The van der Waals surface area contributed by atoms with Gasteiger partial charge in [0.2, 0.25) is 0 Å². The predicted octanol–water partition coefficient (Wildman–Crippen LogP) is 1.92. The van der Waals surface area contributed by atoms with E-state index in [4.69, 9.17) is 5.21 Å². The van der Waals surface area contributed by atoms with Crippen LogP contribution >= 0.6 is 0 Å². The number of rotatable bonds is 9. The summed E-state index contributed by atoms with van der Waals surface area (Å²) in [6.45, 7) is 1.14. The van der Waals surface area contributed by atoms with Gasteiger partial charge in [-0.2, -0.15) is 0 Å². The molecular formula is C11H22N2O2. The number of carbonyl (C=O) groups is 1. The van der Waals surface area contributed by atoms with Gasteiger partial charge in [0, 0.05) is 6.42 Å². The molecule has 0 saturated heterocycles. The first-order chi connectivity index (χ1) is 7.16. The molecule has 0 heterocycles. The Morgan fingerprint density at radius 1 is 1.20 bits per heavy atom. The van der Waals surface area contributed by atoms with Gasteiger partial charge in [-0.05, 0) is 33.5 Å². The van der Waals surface area contributed by atoms with Gasteiger partial charge in [0.25, 0.3) is 0 Å².